The number of fused-ring (bicyclic) bond motifs is 1. The van der Waals surface area contributed by atoms with Crippen molar-refractivity contribution in [2.24, 2.45) is 0 Å². The number of hydrogen-bond acceptors (Lipinski definition) is 4. The predicted molar refractivity (Wildman–Crippen MR) is 78.5 cm³/mol. The molecule has 1 aliphatic carbocycles. The molecule has 1 heterocycles. The largest absolute Gasteiger partial charge is 0.383 e. The minimum Gasteiger partial charge on any atom is -0.383 e. The first-order chi connectivity index (χ1) is 9.67. The van der Waals surface area contributed by atoms with Crippen molar-refractivity contribution in [2.45, 2.75) is 31.8 Å². The monoisotopic (exact) mass is 269 g/mol. The van der Waals surface area contributed by atoms with E-state index in [4.69, 9.17) is 0 Å². The normalized spacial score (nSPS) is 21.3. The zero-order chi connectivity index (χ0) is 14.0. The van der Waals surface area contributed by atoms with E-state index in [0.717, 1.165) is 30.5 Å². The van der Waals surface area contributed by atoms with Gasteiger partial charge in [0.1, 0.15) is 11.4 Å². The summed E-state index contributed by atoms with van der Waals surface area (Å²) in [4.78, 5) is 8.47. The summed E-state index contributed by atoms with van der Waals surface area (Å²) >= 11 is 0. The van der Waals surface area contributed by atoms with Gasteiger partial charge in [0.05, 0.1) is 11.9 Å². The van der Waals surface area contributed by atoms with Crippen molar-refractivity contribution in [3.05, 3.63) is 53.5 Å². The first-order valence-electron chi connectivity index (χ1n) is 7.01. The van der Waals surface area contributed by atoms with Gasteiger partial charge in [-0.1, -0.05) is 24.3 Å². The third-order valence-electron chi connectivity index (χ3n) is 3.87. The summed E-state index contributed by atoms with van der Waals surface area (Å²) in [6, 6.07) is 8.15. The summed E-state index contributed by atoms with van der Waals surface area (Å²) in [5, 5.41) is 14.2. The SMILES string of the molecule is Cc1cncc(NCC2(O)CCCc3ccccc32)n1. The van der Waals surface area contributed by atoms with Crippen LogP contribution < -0.4 is 5.32 Å². The molecule has 1 aromatic heterocycles. The summed E-state index contributed by atoms with van der Waals surface area (Å²) in [7, 11) is 0. The van der Waals surface area contributed by atoms with Crippen LogP contribution in [0, 0.1) is 6.92 Å². The van der Waals surface area contributed by atoms with Crippen molar-refractivity contribution in [1.29, 1.82) is 0 Å². The van der Waals surface area contributed by atoms with Crippen molar-refractivity contribution >= 4 is 5.82 Å². The summed E-state index contributed by atoms with van der Waals surface area (Å²) in [6.07, 6.45) is 6.23. The Balaban J connectivity index is 1.80. The van der Waals surface area contributed by atoms with Gasteiger partial charge in [0.2, 0.25) is 0 Å². The lowest BCUT2D eigenvalue weighted by molar-refractivity contribution is 0.0322. The Kier molecular flexibility index (Phi) is 3.40. The molecule has 1 aliphatic rings. The summed E-state index contributed by atoms with van der Waals surface area (Å²) in [6.45, 7) is 2.37. The number of aromatic nitrogens is 2. The number of anilines is 1. The molecular formula is C16H19N3O. The zero-order valence-electron chi connectivity index (χ0n) is 11.6. The molecule has 0 radical (unpaired) electrons. The van der Waals surface area contributed by atoms with Crippen LogP contribution in [0.15, 0.2) is 36.7 Å². The van der Waals surface area contributed by atoms with Gasteiger partial charge >= 0.3 is 0 Å². The van der Waals surface area contributed by atoms with Crippen LogP contribution in [0.4, 0.5) is 5.82 Å². The molecule has 0 fully saturated rings. The van der Waals surface area contributed by atoms with Crippen LogP contribution in [0.1, 0.15) is 29.7 Å². The second-order valence-electron chi connectivity index (χ2n) is 5.44. The average Bonchev–Trinajstić information content (AvgIpc) is 2.46. The number of aliphatic hydroxyl groups is 1. The second-order valence-corrected chi connectivity index (χ2v) is 5.44. The molecule has 0 aliphatic heterocycles. The van der Waals surface area contributed by atoms with Gasteiger partial charge in [0.25, 0.3) is 0 Å². The molecule has 0 saturated carbocycles. The average molecular weight is 269 g/mol. The maximum absolute atomic E-state index is 10.9. The molecule has 104 valence electrons. The number of nitrogens with one attached hydrogen (secondary N) is 1. The fourth-order valence-corrected chi connectivity index (χ4v) is 2.87. The highest BCUT2D eigenvalue weighted by molar-refractivity contribution is 5.38. The molecule has 20 heavy (non-hydrogen) atoms. The Morgan fingerprint density at radius 2 is 2.15 bits per heavy atom. The predicted octanol–water partition coefficient (Wildman–Crippen LogP) is 2.42. The smallest absolute Gasteiger partial charge is 0.144 e. The minimum absolute atomic E-state index is 0.460. The fourth-order valence-electron chi connectivity index (χ4n) is 2.87. The zero-order valence-corrected chi connectivity index (χ0v) is 11.6. The van der Waals surface area contributed by atoms with Gasteiger partial charge in [-0.15, -0.1) is 0 Å². The van der Waals surface area contributed by atoms with Crippen LogP contribution in [-0.4, -0.2) is 21.6 Å². The van der Waals surface area contributed by atoms with Gasteiger partial charge in [-0.2, -0.15) is 0 Å². The second kappa shape index (κ2) is 5.21. The topological polar surface area (TPSA) is 58.0 Å². The number of benzene rings is 1. The Morgan fingerprint density at radius 3 is 3.00 bits per heavy atom. The fraction of sp³-hybridized carbons (Fsp3) is 0.375. The van der Waals surface area contributed by atoms with E-state index in [1.165, 1.54) is 5.56 Å². The highest BCUT2D eigenvalue weighted by Gasteiger charge is 2.33. The Labute approximate surface area is 118 Å². The van der Waals surface area contributed by atoms with E-state index in [-0.39, 0.29) is 0 Å². The molecule has 1 atom stereocenters. The van der Waals surface area contributed by atoms with Crippen molar-refractivity contribution in [1.82, 2.24) is 9.97 Å². The number of rotatable bonds is 3. The van der Waals surface area contributed by atoms with Crippen LogP contribution in [0.5, 0.6) is 0 Å². The molecular weight excluding hydrogens is 250 g/mol. The third-order valence-corrected chi connectivity index (χ3v) is 3.87. The Hall–Kier alpha value is -1.94. The molecule has 4 nitrogen and oxygen atoms in total. The van der Waals surface area contributed by atoms with E-state index >= 15 is 0 Å². The van der Waals surface area contributed by atoms with E-state index in [9.17, 15) is 5.11 Å². The first-order valence-corrected chi connectivity index (χ1v) is 7.01. The Bertz CT molecular complexity index is 614. The van der Waals surface area contributed by atoms with Crippen LogP contribution in [0.25, 0.3) is 0 Å². The van der Waals surface area contributed by atoms with E-state index in [2.05, 4.69) is 21.4 Å². The molecule has 0 saturated heterocycles. The standard InChI is InChI=1S/C16H19N3O/c1-12-9-17-10-15(19-12)18-11-16(20)8-4-6-13-5-2-3-7-14(13)16/h2-3,5,7,9-10,20H,4,6,8,11H2,1H3,(H,18,19). The van der Waals surface area contributed by atoms with Gasteiger partial charge < -0.3 is 10.4 Å². The summed E-state index contributed by atoms with van der Waals surface area (Å²) in [5.74, 6) is 0.710. The van der Waals surface area contributed by atoms with Gasteiger partial charge in [0.15, 0.2) is 0 Å². The third kappa shape index (κ3) is 2.51. The molecule has 1 unspecified atom stereocenters. The van der Waals surface area contributed by atoms with Crippen LogP contribution in [0.2, 0.25) is 0 Å². The first kappa shape index (κ1) is 13.1. The number of nitrogens with zero attached hydrogens (tertiary/aromatic N) is 2. The van der Waals surface area contributed by atoms with Crippen molar-refractivity contribution in [2.75, 3.05) is 11.9 Å². The van der Waals surface area contributed by atoms with Crippen LogP contribution in [0.3, 0.4) is 0 Å². The molecule has 0 bridgehead atoms. The lowest BCUT2D eigenvalue weighted by Crippen LogP contribution is -2.37. The van der Waals surface area contributed by atoms with Crippen LogP contribution >= 0.6 is 0 Å². The molecule has 0 spiro atoms. The highest BCUT2D eigenvalue weighted by Crippen LogP contribution is 2.35. The maximum atomic E-state index is 10.9. The summed E-state index contributed by atoms with van der Waals surface area (Å²) < 4.78 is 0. The minimum atomic E-state index is -0.819. The van der Waals surface area contributed by atoms with E-state index < -0.39 is 5.60 Å². The van der Waals surface area contributed by atoms with Crippen molar-refractivity contribution in [3.63, 3.8) is 0 Å². The Morgan fingerprint density at radius 1 is 1.30 bits per heavy atom. The van der Waals surface area contributed by atoms with E-state index in [1.807, 2.05) is 25.1 Å². The molecule has 2 N–H and O–H groups in total. The molecule has 3 rings (SSSR count). The van der Waals surface area contributed by atoms with Gasteiger partial charge in [-0.3, -0.25) is 4.98 Å². The lowest BCUT2D eigenvalue weighted by Gasteiger charge is -2.34. The van der Waals surface area contributed by atoms with E-state index in [0.29, 0.717) is 12.4 Å². The van der Waals surface area contributed by atoms with E-state index in [1.54, 1.807) is 12.4 Å². The molecule has 2 aromatic rings. The number of aryl methyl sites for hydroxylation is 2. The van der Waals surface area contributed by atoms with Crippen molar-refractivity contribution < 1.29 is 5.11 Å². The van der Waals surface area contributed by atoms with Gasteiger partial charge in [-0.25, -0.2) is 4.98 Å². The quantitative estimate of drug-likeness (QED) is 0.898. The number of hydrogen-bond donors (Lipinski definition) is 2. The maximum Gasteiger partial charge on any atom is 0.144 e. The van der Waals surface area contributed by atoms with Crippen molar-refractivity contribution in [3.8, 4) is 0 Å². The molecule has 1 aromatic carbocycles. The highest BCUT2D eigenvalue weighted by atomic mass is 16.3. The van der Waals surface area contributed by atoms with Crippen LogP contribution in [-0.2, 0) is 12.0 Å². The molecule has 4 heteroatoms. The van der Waals surface area contributed by atoms with Gasteiger partial charge in [0, 0.05) is 12.7 Å². The lowest BCUT2D eigenvalue weighted by atomic mass is 9.79. The molecule has 0 amide bonds. The van der Waals surface area contributed by atoms with Gasteiger partial charge in [-0.05, 0) is 37.3 Å². The summed E-state index contributed by atoms with van der Waals surface area (Å²) in [5.41, 5.74) is 2.34.